The number of rotatable bonds is 15. The van der Waals surface area contributed by atoms with Crippen molar-refractivity contribution in [1.29, 1.82) is 0 Å². The van der Waals surface area contributed by atoms with Crippen molar-refractivity contribution in [3.63, 3.8) is 0 Å². The van der Waals surface area contributed by atoms with Gasteiger partial charge in [-0.2, -0.15) is 11.8 Å². The third-order valence-corrected chi connectivity index (χ3v) is 18.6. The molecule has 298 valence electrons. The molecule has 0 bridgehead atoms. The Morgan fingerprint density at radius 3 is 1.75 bits per heavy atom. The molecule has 1 atom stereocenters. The number of thioether (sulfide) groups is 1. The number of hydrogen-bond donors (Lipinski definition) is 1. The Labute approximate surface area is 319 Å². The molecule has 14 heteroatoms. The molecule has 0 heterocycles. The Balaban J connectivity index is 3.56. The number of hydrogen-bond acceptors (Lipinski definition) is 11. The Morgan fingerprint density at radius 1 is 0.769 bits per heavy atom. The van der Waals surface area contributed by atoms with Crippen molar-refractivity contribution in [1.82, 2.24) is 5.32 Å². The maximum absolute atomic E-state index is 14.2. The molecule has 0 aliphatic heterocycles. The zero-order valence-corrected chi connectivity index (χ0v) is 38.0. The fourth-order valence-corrected chi connectivity index (χ4v) is 7.10. The lowest BCUT2D eigenvalue weighted by Gasteiger charge is -2.39. The zero-order valence-electron chi connectivity index (χ0n) is 35.2. The van der Waals surface area contributed by atoms with E-state index < -0.39 is 57.9 Å². The predicted octanol–water partition coefficient (Wildman–Crippen LogP) is 9.69. The van der Waals surface area contributed by atoms with Gasteiger partial charge in [-0.15, -0.1) is 0 Å². The molecule has 0 spiro atoms. The van der Waals surface area contributed by atoms with E-state index in [1.165, 1.54) is 11.8 Å². The largest absolute Gasteiger partial charge is 0.543 e. The molecule has 1 N–H and O–H groups in total. The summed E-state index contributed by atoms with van der Waals surface area (Å²) >= 11 is 1.44. The van der Waals surface area contributed by atoms with Crippen molar-refractivity contribution < 1.29 is 47.0 Å². The Hall–Kier alpha value is -2.72. The fraction of sp³-hybridized carbons (Fsp3) is 0.737. The highest BCUT2D eigenvalue weighted by atomic mass is 32.2. The van der Waals surface area contributed by atoms with Crippen molar-refractivity contribution in [2.45, 2.75) is 169 Å². The van der Waals surface area contributed by atoms with Crippen LogP contribution in [-0.2, 0) is 34.3 Å². The summed E-state index contributed by atoms with van der Waals surface area (Å²) in [7, 11) is -4.81. The molecule has 0 saturated heterocycles. The van der Waals surface area contributed by atoms with Crippen LogP contribution in [-0.4, -0.2) is 70.4 Å². The number of amides is 1. The van der Waals surface area contributed by atoms with Crippen LogP contribution in [0.25, 0.3) is 0 Å². The third-order valence-electron chi connectivity index (χ3n) is 8.88. The number of esters is 3. The number of carbonyl (C=O) groups is 4. The van der Waals surface area contributed by atoms with E-state index in [1.807, 2.05) is 13.0 Å². The Morgan fingerprint density at radius 2 is 1.27 bits per heavy atom. The average molecular weight is 786 g/mol. The highest BCUT2D eigenvalue weighted by Crippen LogP contribution is 2.45. The van der Waals surface area contributed by atoms with Crippen LogP contribution >= 0.6 is 11.8 Å². The van der Waals surface area contributed by atoms with Crippen LogP contribution in [0.3, 0.4) is 0 Å². The SMILES string of the molecule is Cc1c(O[Si](C)(C)C(C)(C)C)cc(O[Si](C)(C)C(C)(C)C)c(CSCCC(=O)OCNC(=O)OC(C)(C)C)c1C(=O)O[C@H](C)CC(=O)OC(C)(C)C. The van der Waals surface area contributed by atoms with Crippen molar-refractivity contribution in [3.8, 4) is 11.5 Å². The fourth-order valence-electron chi connectivity index (χ4n) is 4.05. The normalized spacial score (nSPS) is 13.5. The van der Waals surface area contributed by atoms with E-state index in [1.54, 1.807) is 48.5 Å². The first-order valence-electron chi connectivity index (χ1n) is 17.9. The van der Waals surface area contributed by atoms with Crippen molar-refractivity contribution in [2.24, 2.45) is 0 Å². The summed E-state index contributed by atoms with van der Waals surface area (Å²) in [6.07, 6.45) is -1.48. The molecule has 1 aromatic rings. The van der Waals surface area contributed by atoms with Crippen LogP contribution in [0.4, 0.5) is 4.79 Å². The summed E-state index contributed by atoms with van der Waals surface area (Å²) in [5.74, 6) is 0.222. The molecular weight excluding hydrogens is 719 g/mol. The number of ether oxygens (including phenoxy) is 4. The lowest BCUT2D eigenvalue weighted by Crippen LogP contribution is -2.45. The first kappa shape index (κ1) is 47.3. The van der Waals surface area contributed by atoms with Crippen molar-refractivity contribution >= 4 is 52.4 Å². The molecule has 1 aromatic carbocycles. The summed E-state index contributed by atoms with van der Waals surface area (Å²) in [6.45, 7) is 35.2. The molecule has 0 aliphatic carbocycles. The summed E-state index contributed by atoms with van der Waals surface area (Å²) < 4.78 is 35.5. The smallest absolute Gasteiger partial charge is 0.410 e. The minimum Gasteiger partial charge on any atom is -0.543 e. The quantitative estimate of drug-likeness (QED) is 0.0599. The van der Waals surface area contributed by atoms with Crippen molar-refractivity contribution in [3.05, 3.63) is 22.8 Å². The molecule has 52 heavy (non-hydrogen) atoms. The van der Waals surface area contributed by atoms with Gasteiger partial charge in [0.2, 0.25) is 16.6 Å². The first-order valence-corrected chi connectivity index (χ1v) is 24.9. The van der Waals surface area contributed by atoms with Gasteiger partial charge >= 0.3 is 24.0 Å². The van der Waals surface area contributed by atoms with E-state index in [9.17, 15) is 19.2 Å². The van der Waals surface area contributed by atoms with E-state index in [0.717, 1.165) is 0 Å². The van der Waals surface area contributed by atoms with Gasteiger partial charge in [0.15, 0.2) is 6.73 Å². The summed E-state index contributed by atoms with van der Waals surface area (Å²) in [4.78, 5) is 51.2. The number of nitrogens with one attached hydrogen (secondary N) is 1. The van der Waals surface area contributed by atoms with Gasteiger partial charge in [0.1, 0.15) is 28.8 Å². The molecule has 0 unspecified atom stereocenters. The molecule has 0 saturated carbocycles. The van der Waals surface area contributed by atoms with E-state index >= 15 is 0 Å². The zero-order chi connectivity index (χ0) is 40.7. The number of alkyl carbamates (subject to hydrolysis) is 1. The van der Waals surface area contributed by atoms with Gasteiger partial charge in [0.25, 0.3) is 0 Å². The Kier molecular flexibility index (Phi) is 16.4. The van der Waals surface area contributed by atoms with E-state index in [2.05, 4.69) is 73.0 Å². The molecule has 0 aliphatic rings. The van der Waals surface area contributed by atoms with Crippen LogP contribution in [0.2, 0.25) is 36.3 Å². The van der Waals surface area contributed by atoms with Crippen LogP contribution < -0.4 is 14.2 Å². The van der Waals surface area contributed by atoms with Crippen molar-refractivity contribution in [2.75, 3.05) is 12.5 Å². The van der Waals surface area contributed by atoms with Gasteiger partial charge in [-0.25, -0.2) is 9.59 Å². The maximum atomic E-state index is 14.2. The van der Waals surface area contributed by atoms with E-state index in [0.29, 0.717) is 39.7 Å². The highest BCUT2D eigenvalue weighted by Gasteiger charge is 2.42. The van der Waals surface area contributed by atoms with Crippen LogP contribution in [0.1, 0.15) is 124 Å². The predicted molar refractivity (Wildman–Crippen MR) is 213 cm³/mol. The minimum atomic E-state index is -2.44. The summed E-state index contributed by atoms with van der Waals surface area (Å²) in [5, 5.41) is 2.14. The van der Waals surface area contributed by atoms with Gasteiger partial charge in [0.05, 0.1) is 18.4 Å². The third kappa shape index (κ3) is 15.7. The topological polar surface area (TPSA) is 136 Å². The summed E-state index contributed by atoms with van der Waals surface area (Å²) in [6, 6.07) is 1.91. The van der Waals surface area contributed by atoms with Crippen LogP contribution in [0.5, 0.6) is 11.5 Å². The average Bonchev–Trinajstić information content (AvgIpc) is 2.89. The molecule has 11 nitrogen and oxygen atoms in total. The second kappa shape index (κ2) is 18.1. The minimum absolute atomic E-state index is 0.0668. The van der Waals surface area contributed by atoms with Gasteiger partial charge in [-0.1, -0.05) is 41.5 Å². The van der Waals surface area contributed by atoms with Crippen LogP contribution in [0.15, 0.2) is 6.07 Å². The molecule has 0 aromatic heterocycles. The second-order valence-corrected chi connectivity index (χ2v) is 28.8. The second-order valence-electron chi connectivity index (χ2n) is 18.2. The van der Waals surface area contributed by atoms with Gasteiger partial charge < -0.3 is 27.8 Å². The standard InChI is InChI=1S/C38H67NO10SSi2/c1-25(21-31(41)46-35(3,4)5)45-33(42)32-26(2)28(48-51(15,16)37(9,10)11)22-29(49-52(17,18)38(12,13)14)27(32)23-50-20-19-30(40)44-24-39-34(43)47-36(6,7)8/h22,25H,19-21,23-24H2,1-18H3,(H,39,43)/t25-/m1/s1. The lowest BCUT2D eigenvalue weighted by atomic mass is 10.0. The molecule has 1 rings (SSSR count). The number of benzene rings is 1. The lowest BCUT2D eigenvalue weighted by molar-refractivity contribution is -0.156. The van der Waals surface area contributed by atoms with E-state index in [-0.39, 0.29) is 29.6 Å². The molecule has 1 amide bonds. The molecular formula is C38H67NO10SSi2. The van der Waals surface area contributed by atoms with Gasteiger partial charge in [-0.05, 0) is 91.7 Å². The van der Waals surface area contributed by atoms with Crippen LogP contribution in [0, 0.1) is 6.92 Å². The maximum Gasteiger partial charge on any atom is 0.410 e. The highest BCUT2D eigenvalue weighted by molar-refractivity contribution is 7.98. The van der Waals surface area contributed by atoms with E-state index in [4.69, 9.17) is 27.8 Å². The molecule has 0 radical (unpaired) electrons. The van der Waals surface area contributed by atoms with Gasteiger partial charge in [0, 0.05) is 28.7 Å². The number of carbonyl (C=O) groups excluding carboxylic acids is 4. The van der Waals surface area contributed by atoms with Gasteiger partial charge in [-0.3, -0.25) is 14.9 Å². The molecule has 0 fully saturated rings. The Bertz CT molecular complexity index is 1420. The first-order chi connectivity index (χ1) is 23.3. The monoisotopic (exact) mass is 785 g/mol. The summed E-state index contributed by atoms with van der Waals surface area (Å²) in [5.41, 5.74) is 0.216.